The number of nitrogens with one attached hydrogen (secondary N) is 2. The van der Waals surface area contributed by atoms with E-state index in [1.54, 1.807) is 24.3 Å². The normalized spacial score (nSPS) is 16.1. The molecular formula is C17H24ClN3O2. The summed E-state index contributed by atoms with van der Waals surface area (Å²) in [6.07, 6.45) is 1.52. The summed E-state index contributed by atoms with van der Waals surface area (Å²) in [6.45, 7) is 7.11. The Kier molecular flexibility index (Phi) is 5.52. The monoisotopic (exact) mass is 337 g/mol. The highest BCUT2D eigenvalue weighted by atomic mass is 35.5. The molecule has 0 bridgehead atoms. The lowest BCUT2D eigenvalue weighted by Crippen LogP contribution is -2.52. The zero-order valence-corrected chi connectivity index (χ0v) is 14.6. The van der Waals surface area contributed by atoms with Crippen molar-refractivity contribution in [2.24, 2.45) is 0 Å². The van der Waals surface area contributed by atoms with Gasteiger partial charge in [0.25, 0.3) is 5.91 Å². The molecule has 1 heterocycles. The molecular weight excluding hydrogens is 314 g/mol. The van der Waals surface area contributed by atoms with E-state index in [0.29, 0.717) is 23.7 Å². The maximum atomic E-state index is 12.4. The van der Waals surface area contributed by atoms with Crippen LogP contribution in [0.4, 0.5) is 4.79 Å². The SMILES string of the molecule is CC(C)(C)NC(=O)NC1CCN(C(=O)c2ccc(Cl)cc2)CC1. The minimum absolute atomic E-state index is 0.0132. The topological polar surface area (TPSA) is 61.4 Å². The van der Waals surface area contributed by atoms with Gasteiger partial charge in [0.1, 0.15) is 0 Å². The second kappa shape index (κ2) is 7.21. The molecule has 1 saturated heterocycles. The van der Waals surface area contributed by atoms with Crippen LogP contribution in [0.2, 0.25) is 5.02 Å². The number of amides is 3. The minimum atomic E-state index is -0.255. The van der Waals surface area contributed by atoms with Gasteiger partial charge in [-0.1, -0.05) is 11.6 Å². The molecule has 126 valence electrons. The average molecular weight is 338 g/mol. The predicted octanol–water partition coefficient (Wildman–Crippen LogP) is 3.04. The van der Waals surface area contributed by atoms with E-state index in [-0.39, 0.29) is 23.5 Å². The molecule has 2 rings (SSSR count). The van der Waals surface area contributed by atoms with E-state index in [0.717, 1.165) is 12.8 Å². The van der Waals surface area contributed by atoms with Crippen molar-refractivity contribution in [3.05, 3.63) is 34.9 Å². The zero-order valence-electron chi connectivity index (χ0n) is 13.9. The highest BCUT2D eigenvalue weighted by Gasteiger charge is 2.25. The van der Waals surface area contributed by atoms with Crippen molar-refractivity contribution < 1.29 is 9.59 Å². The number of carbonyl (C=O) groups is 2. The van der Waals surface area contributed by atoms with Crippen LogP contribution in [0.25, 0.3) is 0 Å². The number of rotatable bonds is 2. The summed E-state index contributed by atoms with van der Waals surface area (Å²) in [6, 6.07) is 6.88. The predicted molar refractivity (Wildman–Crippen MR) is 91.8 cm³/mol. The van der Waals surface area contributed by atoms with Gasteiger partial charge in [-0.05, 0) is 57.9 Å². The van der Waals surface area contributed by atoms with Crippen molar-refractivity contribution in [1.82, 2.24) is 15.5 Å². The van der Waals surface area contributed by atoms with Gasteiger partial charge in [0.15, 0.2) is 0 Å². The summed E-state index contributed by atoms with van der Waals surface area (Å²) in [7, 11) is 0. The Morgan fingerprint density at radius 2 is 1.70 bits per heavy atom. The summed E-state index contributed by atoms with van der Waals surface area (Å²) in [4.78, 5) is 26.1. The third-order valence-electron chi connectivity index (χ3n) is 3.70. The summed E-state index contributed by atoms with van der Waals surface area (Å²) in [5.41, 5.74) is 0.390. The lowest BCUT2D eigenvalue weighted by Gasteiger charge is -2.33. The first-order valence-electron chi connectivity index (χ1n) is 7.88. The van der Waals surface area contributed by atoms with Gasteiger partial charge in [-0.15, -0.1) is 0 Å². The van der Waals surface area contributed by atoms with Crippen LogP contribution in [0.3, 0.4) is 0 Å². The van der Waals surface area contributed by atoms with Crippen molar-refractivity contribution in [2.75, 3.05) is 13.1 Å². The van der Waals surface area contributed by atoms with Crippen LogP contribution in [0.5, 0.6) is 0 Å². The van der Waals surface area contributed by atoms with Crippen LogP contribution in [-0.4, -0.2) is 41.5 Å². The fraction of sp³-hybridized carbons (Fsp3) is 0.529. The number of halogens is 1. The van der Waals surface area contributed by atoms with Crippen molar-refractivity contribution in [1.29, 1.82) is 0 Å². The Morgan fingerprint density at radius 1 is 1.13 bits per heavy atom. The minimum Gasteiger partial charge on any atom is -0.338 e. The maximum Gasteiger partial charge on any atom is 0.315 e. The Bertz CT molecular complexity index is 558. The van der Waals surface area contributed by atoms with E-state index in [9.17, 15) is 9.59 Å². The average Bonchev–Trinajstić information content (AvgIpc) is 2.46. The highest BCUT2D eigenvalue weighted by molar-refractivity contribution is 6.30. The summed E-state index contributed by atoms with van der Waals surface area (Å²) < 4.78 is 0. The highest BCUT2D eigenvalue weighted by Crippen LogP contribution is 2.16. The van der Waals surface area contributed by atoms with Crippen LogP contribution in [0, 0.1) is 0 Å². The molecule has 1 fully saturated rings. The first kappa shape index (κ1) is 17.6. The number of hydrogen-bond acceptors (Lipinski definition) is 2. The molecule has 23 heavy (non-hydrogen) atoms. The van der Waals surface area contributed by atoms with Gasteiger partial charge in [0, 0.05) is 35.3 Å². The molecule has 0 saturated carbocycles. The second-order valence-electron chi connectivity index (χ2n) is 6.92. The van der Waals surface area contributed by atoms with Crippen LogP contribution in [0.15, 0.2) is 24.3 Å². The lowest BCUT2D eigenvalue weighted by atomic mass is 10.0. The fourth-order valence-electron chi connectivity index (χ4n) is 2.56. The Hall–Kier alpha value is -1.75. The summed E-state index contributed by atoms with van der Waals surface area (Å²) in [5, 5.41) is 6.48. The van der Waals surface area contributed by atoms with E-state index in [1.165, 1.54) is 0 Å². The molecule has 0 spiro atoms. The first-order chi connectivity index (χ1) is 10.7. The molecule has 0 unspecified atom stereocenters. The van der Waals surface area contributed by atoms with E-state index >= 15 is 0 Å². The van der Waals surface area contributed by atoms with Gasteiger partial charge in [-0.2, -0.15) is 0 Å². The standard InChI is InChI=1S/C17H24ClN3O2/c1-17(2,3)20-16(23)19-14-8-10-21(11-9-14)15(22)12-4-6-13(18)7-5-12/h4-7,14H,8-11H2,1-3H3,(H2,19,20,23). The molecule has 1 aromatic carbocycles. The van der Waals surface area contributed by atoms with E-state index < -0.39 is 0 Å². The molecule has 0 aromatic heterocycles. The number of nitrogens with zero attached hydrogens (tertiary/aromatic N) is 1. The summed E-state index contributed by atoms with van der Waals surface area (Å²) in [5.74, 6) is 0.0132. The van der Waals surface area contributed by atoms with Crippen LogP contribution < -0.4 is 10.6 Å². The number of hydrogen-bond donors (Lipinski definition) is 2. The number of carbonyl (C=O) groups excluding carboxylic acids is 2. The summed E-state index contributed by atoms with van der Waals surface area (Å²) >= 11 is 5.84. The van der Waals surface area contributed by atoms with Crippen molar-refractivity contribution in [3.8, 4) is 0 Å². The first-order valence-corrected chi connectivity index (χ1v) is 8.26. The van der Waals surface area contributed by atoms with E-state index in [2.05, 4.69) is 10.6 Å². The van der Waals surface area contributed by atoms with E-state index in [4.69, 9.17) is 11.6 Å². The number of piperidine rings is 1. The van der Waals surface area contributed by atoms with Gasteiger partial charge in [-0.25, -0.2) is 4.79 Å². The molecule has 6 heteroatoms. The van der Waals surface area contributed by atoms with Gasteiger partial charge in [-0.3, -0.25) is 4.79 Å². The molecule has 2 N–H and O–H groups in total. The smallest absolute Gasteiger partial charge is 0.315 e. The molecule has 1 aliphatic rings. The van der Waals surface area contributed by atoms with Crippen LogP contribution in [-0.2, 0) is 0 Å². The van der Waals surface area contributed by atoms with Crippen molar-refractivity contribution in [2.45, 2.75) is 45.2 Å². The van der Waals surface area contributed by atoms with Crippen LogP contribution >= 0.6 is 11.6 Å². The maximum absolute atomic E-state index is 12.4. The molecule has 3 amide bonds. The number of likely N-dealkylation sites (tertiary alicyclic amines) is 1. The Labute approximate surface area is 142 Å². The second-order valence-corrected chi connectivity index (χ2v) is 7.36. The molecule has 0 atom stereocenters. The van der Waals surface area contributed by atoms with Crippen molar-refractivity contribution in [3.63, 3.8) is 0 Å². The third kappa shape index (κ3) is 5.43. The fourth-order valence-corrected chi connectivity index (χ4v) is 2.69. The number of benzene rings is 1. The molecule has 0 radical (unpaired) electrons. The van der Waals surface area contributed by atoms with Gasteiger partial charge in [0.2, 0.25) is 0 Å². The molecule has 5 nitrogen and oxygen atoms in total. The Balaban J connectivity index is 1.83. The van der Waals surface area contributed by atoms with E-state index in [1.807, 2.05) is 25.7 Å². The van der Waals surface area contributed by atoms with Crippen LogP contribution in [0.1, 0.15) is 44.0 Å². The third-order valence-corrected chi connectivity index (χ3v) is 3.95. The van der Waals surface area contributed by atoms with Gasteiger partial charge < -0.3 is 15.5 Å². The van der Waals surface area contributed by atoms with Gasteiger partial charge >= 0.3 is 6.03 Å². The molecule has 0 aliphatic carbocycles. The zero-order chi connectivity index (χ0) is 17.0. The van der Waals surface area contributed by atoms with Crippen molar-refractivity contribution >= 4 is 23.5 Å². The largest absolute Gasteiger partial charge is 0.338 e. The number of urea groups is 1. The molecule has 1 aliphatic heterocycles. The lowest BCUT2D eigenvalue weighted by molar-refractivity contribution is 0.0708. The van der Waals surface area contributed by atoms with Gasteiger partial charge in [0.05, 0.1) is 0 Å². The quantitative estimate of drug-likeness (QED) is 0.871. The Morgan fingerprint density at radius 3 is 2.22 bits per heavy atom. The molecule has 1 aromatic rings.